The molecule has 0 saturated carbocycles. The fraction of sp³-hybridized carbons (Fsp3) is 0.889. The molecule has 0 aromatic heterocycles. The molecule has 0 aliphatic carbocycles. The zero-order chi connectivity index (χ0) is 9.90. The van der Waals surface area contributed by atoms with Crippen molar-refractivity contribution in [1.82, 2.24) is 5.32 Å². The van der Waals surface area contributed by atoms with Crippen LogP contribution in [0.15, 0.2) is 0 Å². The number of carbonyl (C=O) groups is 1. The van der Waals surface area contributed by atoms with Crippen molar-refractivity contribution < 1.29 is 14.0 Å². The average molecular weight is 187 g/mol. The van der Waals surface area contributed by atoms with Crippen LogP contribution in [0.3, 0.4) is 0 Å². The molecule has 0 bridgehead atoms. The molecule has 13 heavy (non-hydrogen) atoms. The van der Waals surface area contributed by atoms with Gasteiger partial charge in [-0.3, -0.25) is 0 Å². The van der Waals surface area contributed by atoms with Crippen molar-refractivity contribution in [3.05, 3.63) is 0 Å². The van der Waals surface area contributed by atoms with Gasteiger partial charge in [-0.25, -0.2) is 4.48 Å². The van der Waals surface area contributed by atoms with Gasteiger partial charge in [0.15, 0.2) is 0 Å². The maximum Gasteiger partial charge on any atom is 0.515 e. The highest BCUT2D eigenvalue weighted by molar-refractivity contribution is 5.59. The van der Waals surface area contributed by atoms with Gasteiger partial charge in [-0.05, 0) is 6.42 Å². The smallest absolute Gasteiger partial charge is 0.423 e. The molecule has 1 N–H and O–H groups in total. The Kier molecular flexibility index (Phi) is 3.27. The van der Waals surface area contributed by atoms with Crippen molar-refractivity contribution in [2.24, 2.45) is 0 Å². The molecular weight excluding hydrogens is 168 g/mol. The second-order valence-corrected chi connectivity index (χ2v) is 3.73. The Hall–Kier alpha value is -0.610. The van der Waals surface area contributed by atoms with Crippen molar-refractivity contribution in [2.75, 3.05) is 33.8 Å². The standard InChI is InChI=1S/C9H19N2O2/c1-4-8-7-10-5-6-11(8,2)9(12)13-3/h8,10H,4-7H2,1-3H3/q+1. The lowest BCUT2D eigenvalue weighted by atomic mass is 10.1. The summed E-state index contributed by atoms with van der Waals surface area (Å²) in [4.78, 5) is 11.6. The first kappa shape index (κ1) is 10.5. The maximum atomic E-state index is 11.6. The summed E-state index contributed by atoms with van der Waals surface area (Å²) in [5.41, 5.74) is 0. The number of nitrogens with zero attached hydrogens (tertiary/aromatic N) is 1. The monoisotopic (exact) mass is 187 g/mol. The highest BCUT2D eigenvalue weighted by atomic mass is 16.5. The van der Waals surface area contributed by atoms with Crippen LogP contribution < -0.4 is 5.32 Å². The van der Waals surface area contributed by atoms with Gasteiger partial charge in [-0.15, -0.1) is 0 Å². The van der Waals surface area contributed by atoms with Gasteiger partial charge < -0.3 is 10.1 Å². The first-order valence-electron chi connectivity index (χ1n) is 4.79. The van der Waals surface area contributed by atoms with Gasteiger partial charge in [-0.1, -0.05) is 6.92 Å². The van der Waals surface area contributed by atoms with E-state index in [1.807, 2.05) is 7.05 Å². The van der Waals surface area contributed by atoms with E-state index >= 15 is 0 Å². The molecule has 0 aromatic rings. The summed E-state index contributed by atoms with van der Waals surface area (Å²) in [7, 11) is 3.42. The number of amides is 1. The first-order chi connectivity index (χ1) is 6.15. The molecule has 1 saturated heterocycles. The van der Waals surface area contributed by atoms with Gasteiger partial charge in [0, 0.05) is 13.1 Å². The second-order valence-electron chi connectivity index (χ2n) is 3.73. The molecule has 2 atom stereocenters. The number of hydrogen-bond donors (Lipinski definition) is 1. The second kappa shape index (κ2) is 4.07. The molecule has 1 fully saturated rings. The summed E-state index contributed by atoms with van der Waals surface area (Å²) in [5.74, 6) is 0. The van der Waals surface area contributed by atoms with E-state index in [1.54, 1.807) is 0 Å². The lowest BCUT2D eigenvalue weighted by molar-refractivity contribution is -0.865. The van der Waals surface area contributed by atoms with E-state index in [9.17, 15) is 4.79 Å². The topological polar surface area (TPSA) is 38.3 Å². The number of ether oxygens (including phenoxy) is 1. The van der Waals surface area contributed by atoms with Crippen molar-refractivity contribution in [3.63, 3.8) is 0 Å². The van der Waals surface area contributed by atoms with Crippen molar-refractivity contribution in [2.45, 2.75) is 19.4 Å². The fourth-order valence-electron chi connectivity index (χ4n) is 1.96. The molecule has 1 rings (SSSR count). The average Bonchev–Trinajstić information content (AvgIpc) is 2.17. The van der Waals surface area contributed by atoms with E-state index in [4.69, 9.17) is 4.74 Å². The van der Waals surface area contributed by atoms with Gasteiger partial charge in [0.2, 0.25) is 0 Å². The van der Waals surface area contributed by atoms with Crippen LogP contribution in [0.5, 0.6) is 0 Å². The molecule has 4 heteroatoms. The predicted molar refractivity (Wildman–Crippen MR) is 50.4 cm³/mol. The zero-order valence-corrected chi connectivity index (χ0v) is 8.67. The molecular formula is C9H19N2O2+. The normalized spacial score (nSPS) is 34.2. The highest BCUT2D eigenvalue weighted by Gasteiger charge is 2.42. The van der Waals surface area contributed by atoms with E-state index in [-0.39, 0.29) is 6.09 Å². The van der Waals surface area contributed by atoms with Crippen LogP contribution in [0, 0.1) is 0 Å². The van der Waals surface area contributed by atoms with Crippen molar-refractivity contribution in [3.8, 4) is 0 Å². The van der Waals surface area contributed by atoms with Crippen LogP contribution in [0.2, 0.25) is 0 Å². The minimum atomic E-state index is -0.117. The van der Waals surface area contributed by atoms with E-state index in [2.05, 4.69) is 12.2 Å². The lowest BCUT2D eigenvalue weighted by Crippen LogP contribution is -2.65. The van der Waals surface area contributed by atoms with Crippen LogP contribution in [0.4, 0.5) is 4.79 Å². The number of quaternary nitrogens is 1. The summed E-state index contributed by atoms with van der Waals surface area (Å²) >= 11 is 0. The zero-order valence-electron chi connectivity index (χ0n) is 8.67. The number of hydrogen-bond acceptors (Lipinski definition) is 3. The molecule has 1 heterocycles. The largest absolute Gasteiger partial charge is 0.515 e. The number of nitrogens with one attached hydrogen (secondary N) is 1. The van der Waals surface area contributed by atoms with Gasteiger partial charge in [0.25, 0.3) is 0 Å². The molecule has 1 aliphatic heterocycles. The minimum absolute atomic E-state index is 0.117. The van der Waals surface area contributed by atoms with Gasteiger partial charge in [-0.2, -0.15) is 4.79 Å². The van der Waals surface area contributed by atoms with E-state index < -0.39 is 0 Å². The molecule has 0 radical (unpaired) electrons. The summed E-state index contributed by atoms with van der Waals surface area (Å²) < 4.78 is 5.25. The van der Waals surface area contributed by atoms with Crippen LogP contribution in [0.25, 0.3) is 0 Å². The Morgan fingerprint density at radius 3 is 2.92 bits per heavy atom. The third-order valence-corrected chi connectivity index (χ3v) is 3.00. The Morgan fingerprint density at radius 2 is 2.38 bits per heavy atom. The predicted octanol–water partition coefficient (Wildman–Crippen LogP) is 0.581. The lowest BCUT2D eigenvalue weighted by Gasteiger charge is -2.40. The summed E-state index contributed by atoms with van der Waals surface area (Å²) in [6, 6.07) is 0.348. The maximum absolute atomic E-state index is 11.6. The molecule has 1 amide bonds. The first-order valence-corrected chi connectivity index (χ1v) is 4.79. The summed E-state index contributed by atoms with van der Waals surface area (Å²) in [6.07, 6.45) is 0.881. The fourth-order valence-corrected chi connectivity index (χ4v) is 1.96. The molecule has 2 unspecified atom stereocenters. The summed E-state index contributed by atoms with van der Waals surface area (Å²) in [6.45, 7) is 4.73. The Balaban J connectivity index is 2.76. The number of piperazine rings is 1. The Morgan fingerprint density at radius 1 is 1.69 bits per heavy atom. The van der Waals surface area contributed by atoms with Gasteiger partial charge in [0.05, 0.1) is 14.2 Å². The SMILES string of the molecule is CCC1CNCC[N+]1(C)C(=O)OC. The Labute approximate surface area is 79.4 Å². The number of methoxy groups -OCH3 is 1. The number of rotatable bonds is 1. The van der Waals surface area contributed by atoms with Gasteiger partial charge >= 0.3 is 6.09 Å². The van der Waals surface area contributed by atoms with Crippen molar-refractivity contribution >= 4 is 6.09 Å². The van der Waals surface area contributed by atoms with Crippen LogP contribution in [-0.2, 0) is 4.74 Å². The Bertz CT molecular complexity index is 196. The molecule has 1 aliphatic rings. The molecule has 0 aromatic carbocycles. The highest BCUT2D eigenvalue weighted by Crippen LogP contribution is 2.17. The molecule has 4 nitrogen and oxygen atoms in total. The molecule has 0 spiro atoms. The summed E-state index contributed by atoms with van der Waals surface area (Å²) in [5, 5.41) is 3.30. The quantitative estimate of drug-likeness (QED) is 0.610. The molecule has 76 valence electrons. The third-order valence-electron chi connectivity index (χ3n) is 3.00. The van der Waals surface area contributed by atoms with Gasteiger partial charge in [0.1, 0.15) is 12.6 Å². The van der Waals surface area contributed by atoms with E-state index in [1.165, 1.54) is 7.11 Å². The van der Waals surface area contributed by atoms with E-state index in [0.717, 1.165) is 26.1 Å². The third kappa shape index (κ3) is 1.84. The van der Waals surface area contributed by atoms with Crippen LogP contribution in [0.1, 0.15) is 13.3 Å². The van der Waals surface area contributed by atoms with Crippen LogP contribution in [-0.4, -0.2) is 50.4 Å². The van der Waals surface area contributed by atoms with E-state index in [0.29, 0.717) is 10.5 Å². The number of likely N-dealkylation sites (N-methyl/N-ethyl adjacent to an activating group) is 1. The minimum Gasteiger partial charge on any atom is -0.423 e. The van der Waals surface area contributed by atoms with Crippen LogP contribution >= 0.6 is 0 Å². The van der Waals surface area contributed by atoms with Crippen molar-refractivity contribution in [1.29, 1.82) is 0 Å². The number of carbonyl (C=O) groups excluding carboxylic acids is 1.